The molecule has 4 nitrogen and oxygen atoms in total. The van der Waals surface area contributed by atoms with Crippen LogP contribution in [0.5, 0.6) is 5.75 Å². The first-order valence-corrected chi connectivity index (χ1v) is 5.42. The van der Waals surface area contributed by atoms with E-state index in [9.17, 15) is 9.18 Å². The van der Waals surface area contributed by atoms with Crippen molar-refractivity contribution in [3.05, 3.63) is 35.3 Å². The molecule has 1 heterocycles. The van der Waals surface area contributed by atoms with E-state index in [4.69, 9.17) is 20.9 Å². The molecule has 0 spiro atoms. The van der Waals surface area contributed by atoms with Crippen molar-refractivity contribution in [3.8, 4) is 17.0 Å². The second-order valence-corrected chi connectivity index (χ2v) is 3.93. The second kappa shape index (κ2) is 4.78. The first-order valence-electron chi connectivity index (χ1n) is 5.04. The third-order valence-corrected chi connectivity index (χ3v) is 2.67. The predicted molar refractivity (Wildman–Crippen MR) is 63.4 cm³/mol. The third-order valence-electron chi connectivity index (χ3n) is 2.48. The molecule has 2 rings (SSSR count). The van der Waals surface area contributed by atoms with E-state index in [2.05, 4.69) is 5.16 Å². The normalized spacial score (nSPS) is 10.4. The molecule has 6 heteroatoms. The van der Waals surface area contributed by atoms with Crippen molar-refractivity contribution in [1.29, 1.82) is 0 Å². The summed E-state index contributed by atoms with van der Waals surface area (Å²) in [6.07, 6.45) is 0. The van der Waals surface area contributed by atoms with Crippen molar-refractivity contribution in [2.45, 2.75) is 6.92 Å². The number of methoxy groups -OCH3 is 1. The molecule has 0 amide bonds. The summed E-state index contributed by atoms with van der Waals surface area (Å²) in [6, 6.07) is 4.22. The quantitative estimate of drug-likeness (QED) is 0.803. The van der Waals surface area contributed by atoms with Gasteiger partial charge < -0.3 is 9.26 Å². The maximum atomic E-state index is 13.6. The van der Waals surface area contributed by atoms with Crippen LogP contribution >= 0.6 is 11.6 Å². The minimum absolute atomic E-state index is 0.109. The van der Waals surface area contributed by atoms with Crippen LogP contribution in [0.4, 0.5) is 4.39 Å². The second-order valence-electron chi connectivity index (χ2n) is 3.59. The summed E-state index contributed by atoms with van der Waals surface area (Å²) in [5.41, 5.74) is 0.754. The van der Waals surface area contributed by atoms with Gasteiger partial charge in [0.15, 0.2) is 11.6 Å². The van der Waals surface area contributed by atoms with Gasteiger partial charge in [0.2, 0.25) is 0 Å². The van der Waals surface area contributed by atoms with Crippen molar-refractivity contribution in [2.24, 2.45) is 0 Å². The molecule has 0 atom stereocenters. The van der Waals surface area contributed by atoms with Crippen LogP contribution in [0, 0.1) is 12.7 Å². The van der Waals surface area contributed by atoms with Crippen LogP contribution in [0.3, 0.4) is 0 Å². The lowest BCUT2D eigenvalue weighted by molar-refractivity contribution is 0.108. The Hall–Kier alpha value is -1.88. The summed E-state index contributed by atoms with van der Waals surface area (Å²) in [5.74, 6) is -0.150. The number of aromatic nitrogens is 1. The van der Waals surface area contributed by atoms with Gasteiger partial charge in [-0.25, -0.2) is 4.39 Å². The topological polar surface area (TPSA) is 52.3 Å². The number of carbonyl (C=O) groups excluding carboxylic acids is 1. The summed E-state index contributed by atoms with van der Waals surface area (Å²) >= 11 is 5.45. The van der Waals surface area contributed by atoms with Gasteiger partial charge in [-0.05, 0) is 36.7 Å². The largest absolute Gasteiger partial charge is 0.494 e. The maximum absolute atomic E-state index is 13.6. The van der Waals surface area contributed by atoms with E-state index < -0.39 is 11.1 Å². The summed E-state index contributed by atoms with van der Waals surface area (Å²) < 4.78 is 23.3. The highest BCUT2D eigenvalue weighted by Gasteiger charge is 2.20. The zero-order chi connectivity index (χ0) is 13.3. The highest BCUT2D eigenvalue weighted by molar-refractivity contribution is 6.68. The van der Waals surface area contributed by atoms with E-state index >= 15 is 0 Å². The van der Waals surface area contributed by atoms with E-state index in [1.165, 1.54) is 19.2 Å². The Morgan fingerprint density at radius 3 is 2.78 bits per heavy atom. The van der Waals surface area contributed by atoms with Crippen LogP contribution in [0.25, 0.3) is 11.3 Å². The van der Waals surface area contributed by atoms with E-state index in [0.717, 1.165) is 0 Å². The van der Waals surface area contributed by atoms with Crippen LogP contribution in [0.1, 0.15) is 16.1 Å². The molecule has 0 N–H and O–H groups in total. The van der Waals surface area contributed by atoms with Crippen LogP contribution in [-0.2, 0) is 0 Å². The molecular formula is C12H9ClFNO3. The van der Waals surface area contributed by atoms with Crippen LogP contribution in [-0.4, -0.2) is 17.5 Å². The SMILES string of the molecule is COc1ccc(-c2noc(C)c2C(=O)Cl)cc1F. The number of carbonyl (C=O) groups is 1. The Balaban J connectivity index is 2.56. The monoisotopic (exact) mass is 269 g/mol. The number of nitrogens with zero attached hydrogens (tertiary/aromatic N) is 1. The Kier molecular flexibility index (Phi) is 3.34. The van der Waals surface area contributed by atoms with Crippen molar-refractivity contribution in [1.82, 2.24) is 5.16 Å². The van der Waals surface area contributed by atoms with Gasteiger partial charge in [0, 0.05) is 5.56 Å². The van der Waals surface area contributed by atoms with E-state index in [-0.39, 0.29) is 17.0 Å². The van der Waals surface area contributed by atoms with Crippen LogP contribution in [0.2, 0.25) is 0 Å². The predicted octanol–water partition coefficient (Wildman–Crippen LogP) is 3.18. The van der Waals surface area contributed by atoms with Gasteiger partial charge in [0.1, 0.15) is 17.0 Å². The summed E-state index contributed by atoms with van der Waals surface area (Å²) in [4.78, 5) is 11.3. The minimum Gasteiger partial charge on any atom is -0.494 e. The molecule has 0 aliphatic carbocycles. The molecule has 1 aromatic carbocycles. The molecule has 18 heavy (non-hydrogen) atoms. The summed E-state index contributed by atoms with van der Waals surface area (Å²) in [5, 5.41) is 3.02. The van der Waals surface area contributed by atoms with Gasteiger partial charge in [-0.2, -0.15) is 0 Å². The van der Waals surface area contributed by atoms with Crippen molar-refractivity contribution in [2.75, 3.05) is 7.11 Å². The molecule has 0 radical (unpaired) electrons. The first-order chi connectivity index (χ1) is 8.54. The molecule has 0 fully saturated rings. The lowest BCUT2D eigenvalue weighted by atomic mass is 10.1. The van der Waals surface area contributed by atoms with E-state index in [0.29, 0.717) is 11.3 Å². The average Bonchev–Trinajstić information content (AvgIpc) is 2.71. The molecule has 0 bridgehead atoms. The van der Waals surface area contributed by atoms with Crippen molar-refractivity contribution < 1.29 is 18.4 Å². The molecular weight excluding hydrogens is 261 g/mol. The molecule has 1 aromatic heterocycles. The summed E-state index contributed by atoms with van der Waals surface area (Å²) in [7, 11) is 1.37. The molecule has 2 aromatic rings. The Morgan fingerprint density at radius 2 is 2.22 bits per heavy atom. The fourth-order valence-corrected chi connectivity index (χ4v) is 1.84. The van der Waals surface area contributed by atoms with Gasteiger partial charge in [0.05, 0.1) is 7.11 Å². The molecule has 0 aliphatic rings. The Labute approximate surface area is 107 Å². The van der Waals surface area contributed by atoms with Gasteiger partial charge >= 0.3 is 0 Å². The number of ether oxygens (including phenoxy) is 1. The fourth-order valence-electron chi connectivity index (χ4n) is 1.61. The van der Waals surface area contributed by atoms with E-state index in [1.54, 1.807) is 13.0 Å². The van der Waals surface area contributed by atoms with Gasteiger partial charge in [-0.15, -0.1) is 0 Å². The molecule has 0 saturated carbocycles. The maximum Gasteiger partial charge on any atom is 0.258 e. The number of rotatable bonds is 3. The smallest absolute Gasteiger partial charge is 0.258 e. The highest BCUT2D eigenvalue weighted by atomic mass is 35.5. The molecule has 0 saturated heterocycles. The molecule has 0 aliphatic heterocycles. The van der Waals surface area contributed by atoms with Crippen LogP contribution in [0.15, 0.2) is 22.7 Å². The van der Waals surface area contributed by atoms with Crippen molar-refractivity contribution in [3.63, 3.8) is 0 Å². The molecule has 0 unspecified atom stereocenters. The van der Waals surface area contributed by atoms with E-state index in [1.807, 2.05) is 0 Å². The van der Waals surface area contributed by atoms with Gasteiger partial charge in [-0.1, -0.05) is 5.16 Å². The zero-order valence-corrected chi connectivity index (χ0v) is 10.4. The van der Waals surface area contributed by atoms with Crippen LogP contribution < -0.4 is 4.74 Å². The number of benzene rings is 1. The number of hydrogen-bond donors (Lipinski definition) is 0. The lowest BCUT2D eigenvalue weighted by Gasteiger charge is -2.03. The molecule has 94 valence electrons. The number of hydrogen-bond acceptors (Lipinski definition) is 4. The highest BCUT2D eigenvalue weighted by Crippen LogP contribution is 2.29. The minimum atomic E-state index is -0.694. The summed E-state index contributed by atoms with van der Waals surface area (Å²) in [6.45, 7) is 1.56. The van der Waals surface area contributed by atoms with Crippen molar-refractivity contribution >= 4 is 16.8 Å². The number of aryl methyl sites for hydroxylation is 1. The van der Waals surface area contributed by atoms with Gasteiger partial charge in [-0.3, -0.25) is 4.79 Å². The lowest BCUT2D eigenvalue weighted by Crippen LogP contribution is -1.94. The Bertz CT molecular complexity index is 609. The average molecular weight is 270 g/mol. The zero-order valence-electron chi connectivity index (χ0n) is 9.66. The van der Waals surface area contributed by atoms with Gasteiger partial charge in [0.25, 0.3) is 5.24 Å². The number of halogens is 2. The first kappa shape index (κ1) is 12.6. The third kappa shape index (κ3) is 2.09. The fraction of sp³-hybridized carbons (Fsp3) is 0.167. The Morgan fingerprint density at radius 1 is 1.50 bits per heavy atom. The standard InChI is InChI=1S/C12H9ClFNO3/c1-6-10(12(13)16)11(15-18-6)7-3-4-9(17-2)8(14)5-7/h3-5H,1-2H3.